The number of nitrogens with one attached hydrogen (secondary N) is 2. The Hall–Kier alpha value is -2.29. The molecule has 2 N–H and O–H groups in total. The molecule has 0 aromatic heterocycles. The van der Waals surface area contributed by atoms with E-state index < -0.39 is 0 Å². The molecule has 0 saturated heterocycles. The normalized spacial score (nSPS) is 10.8. The van der Waals surface area contributed by atoms with Crippen molar-refractivity contribution < 1.29 is 4.79 Å². The van der Waals surface area contributed by atoms with Gasteiger partial charge >= 0.3 is 0 Å². The molecule has 1 amide bonds. The third kappa shape index (κ3) is 8.22. The van der Waals surface area contributed by atoms with E-state index in [0.29, 0.717) is 0 Å². The van der Waals surface area contributed by atoms with Crippen molar-refractivity contribution in [3.63, 3.8) is 0 Å². The minimum absolute atomic E-state index is 0. The summed E-state index contributed by atoms with van der Waals surface area (Å²) in [6, 6.07) is 16.4. The van der Waals surface area contributed by atoms with Gasteiger partial charge in [0.05, 0.1) is 0 Å². The van der Waals surface area contributed by atoms with Crippen molar-refractivity contribution in [1.82, 2.24) is 15.5 Å². The molecule has 2 aromatic carbocycles. The number of nitrogens with zero attached hydrogens (tertiary/aromatic N) is 3. The molecule has 0 spiro atoms. The third-order valence-electron chi connectivity index (χ3n) is 4.67. The number of carbonyl (C=O) groups is 1. The molecule has 0 aliphatic heterocycles. The molecule has 30 heavy (non-hydrogen) atoms. The van der Waals surface area contributed by atoms with Gasteiger partial charge in [0.25, 0.3) is 5.91 Å². The quantitative estimate of drug-likeness (QED) is 0.318. The van der Waals surface area contributed by atoms with E-state index in [-0.39, 0.29) is 29.9 Å². The Morgan fingerprint density at radius 2 is 1.50 bits per heavy atom. The van der Waals surface area contributed by atoms with Crippen LogP contribution in [0, 0.1) is 0 Å². The molecule has 7 heteroatoms. The number of aliphatic imine (C=N–C) groups is 1. The van der Waals surface area contributed by atoms with Crippen LogP contribution < -0.4 is 15.5 Å². The number of rotatable bonds is 8. The molecule has 2 rings (SSSR count). The number of hydrogen-bond acceptors (Lipinski definition) is 3. The Bertz CT molecular complexity index is 819. The highest BCUT2D eigenvalue weighted by atomic mass is 127. The second kappa shape index (κ2) is 13.1. The van der Waals surface area contributed by atoms with Gasteiger partial charge in [-0.2, -0.15) is 0 Å². The fourth-order valence-electron chi connectivity index (χ4n) is 2.95. The van der Waals surface area contributed by atoms with E-state index in [1.807, 2.05) is 38.4 Å². The average Bonchev–Trinajstić information content (AvgIpc) is 2.72. The number of benzene rings is 2. The first-order chi connectivity index (χ1) is 13.9. The van der Waals surface area contributed by atoms with Crippen molar-refractivity contribution in [2.75, 3.05) is 53.2 Å². The molecule has 0 fully saturated rings. The number of guanidine groups is 1. The van der Waals surface area contributed by atoms with Gasteiger partial charge in [0.1, 0.15) is 0 Å². The predicted molar refractivity (Wildman–Crippen MR) is 137 cm³/mol. The van der Waals surface area contributed by atoms with Gasteiger partial charge in [0, 0.05) is 59.6 Å². The van der Waals surface area contributed by atoms with Gasteiger partial charge in [-0.15, -0.1) is 24.0 Å². The zero-order chi connectivity index (χ0) is 21.2. The Morgan fingerprint density at radius 3 is 2.03 bits per heavy atom. The fraction of sp³-hybridized carbons (Fsp3) is 0.391. The lowest BCUT2D eigenvalue weighted by Gasteiger charge is -2.14. The number of halogens is 1. The first kappa shape index (κ1) is 25.7. The lowest BCUT2D eigenvalue weighted by Crippen LogP contribution is -2.39. The van der Waals surface area contributed by atoms with Crippen LogP contribution in [0.4, 0.5) is 5.69 Å². The summed E-state index contributed by atoms with van der Waals surface area (Å²) in [6.45, 7) is 1.56. The standard InChI is InChI=1S/C23H33N5O.HI/c1-24-23(25-15-13-18-9-11-21(12-10-18)27(2)3)26-16-14-19-7-6-8-20(17-19)22(29)28(4)5;/h6-12,17H,13-16H2,1-5H3,(H2,24,25,26);1H. The first-order valence-corrected chi connectivity index (χ1v) is 9.92. The van der Waals surface area contributed by atoms with E-state index in [1.165, 1.54) is 11.3 Å². The maximum absolute atomic E-state index is 12.1. The Balaban J connectivity index is 0.00000450. The largest absolute Gasteiger partial charge is 0.378 e. The smallest absolute Gasteiger partial charge is 0.253 e. The molecule has 0 unspecified atom stereocenters. The van der Waals surface area contributed by atoms with Gasteiger partial charge in [0.15, 0.2) is 5.96 Å². The van der Waals surface area contributed by atoms with Gasteiger partial charge in [-0.05, 0) is 48.2 Å². The molecule has 6 nitrogen and oxygen atoms in total. The van der Waals surface area contributed by atoms with E-state index in [0.717, 1.165) is 43.0 Å². The molecule has 2 aromatic rings. The Kier molecular flexibility index (Phi) is 11.2. The first-order valence-electron chi connectivity index (χ1n) is 9.92. The highest BCUT2D eigenvalue weighted by molar-refractivity contribution is 14.0. The molecule has 0 atom stereocenters. The fourth-order valence-corrected chi connectivity index (χ4v) is 2.95. The summed E-state index contributed by atoms with van der Waals surface area (Å²) in [7, 11) is 9.40. The van der Waals surface area contributed by atoms with Gasteiger partial charge in [-0.1, -0.05) is 24.3 Å². The van der Waals surface area contributed by atoms with Crippen LogP contribution >= 0.6 is 24.0 Å². The molecular weight excluding hydrogens is 489 g/mol. The van der Waals surface area contributed by atoms with Crippen molar-refractivity contribution in [2.24, 2.45) is 4.99 Å². The lowest BCUT2D eigenvalue weighted by atomic mass is 10.1. The van der Waals surface area contributed by atoms with Crippen molar-refractivity contribution in [2.45, 2.75) is 12.8 Å². The topological polar surface area (TPSA) is 60.0 Å². The van der Waals surface area contributed by atoms with E-state index in [1.54, 1.807) is 26.0 Å². The molecular formula is C23H34IN5O. The molecule has 164 valence electrons. The minimum Gasteiger partial charge on any atom is -0.378 e. The molecule has 0 saturated carbocycles. The molecule has 0 heterocycles. The van der Waals surface area contributed by atoms with Gasteiger partial charge in [0.2, 0.25) is 0 Å². The zero-order valence-electron chi connectivity index (χ0n) is 18.6. The van der Waals surface area contributed by atoms with Crippen LogP contribution in [-0.4, -0.2) is 65.1 Å². The number of carbonyl (C=O) groups excluding carboxylic acids is 1. The van der Waals surface area contributed by atoms with E-state index in [2.05, 4.69) is 44.8 Å². The Labute approximate surface area is 197 Å². The lowest BCUT2D eigenvalue weighted by molar-refractivity contribution is 0.0827. The van der Waals surface area contributed by atoms with E-state index >= 15 is 0 Å². The maximum atomic E-state index is 12.1. The second-order valence-electron chi connectivity index (χ2n) is 7.39. The van der Waals surface area contributed by atoms with Crippen LogP contribution in [0.25, 0.3) is 0 Å². The van der Waals surface area contributed by atoms with Gasteiger partial charge in [-0.25, -0.2) is 0 Å². The maximum Gasteiger partial charge on any atom is 0.253 e. The summed E-state index contributed by atoms with van der Waals surface area (Å²) in [5.74, 6) is 0.811. The van der Waals surface area contributed by atoms with Crippen molar-refractivity contribution in [3.8, 4) is 0 Å². The highest BCUT2D eigenvalue weighted by Gasteiger charge is 2.08. The summed E-state index contributed by atoms with van der Waals surface area (Å²) >= 11 is 0. The Morgan fingerprint density at radius 1 is 0.900 bits per heavy atom. The third-order valence-corrected chi connectivity index (χ3v) is 4.67. The summed E-state index contributed by atoms with van der Waals surface area (Å²) < 4.78 is 0. The van der Waals surface area contributed by atoms with Crippen LogP contribution in [-0.2, 0) is 12.8 Å². The molecule has 0 aliphatic rings. The van der Waals surface area contributed by atoms with E-state index in [4.69, 9.17) is 0 Å². The van der Waals surface area contributed by atoms with Crippen molar-refractivity contribution in [3.05, 3.63) is 65.2 Å². The molecule has 0 aliphatic carbocycles. The van der Waals surface area contributed by atoms with Crippen molar-refractivity contribution in [1.29, 1.82) is 0 Å². The molecule has 0 radical (unpaired) electrons. The van der Waals surface area contributed by atoms with Crippen molar-refractivity contribution >= 4 is 41.5 Å². The highest BCUT2D eigenvalue weighted by Crippen LogP contribution is 2.12. The average molecular weight is 523 g/mol. The second-order valence-corrected chi connectivity index (χ2v) is 7.39. The zero-order valence-corrected chi connectivity index (χ0v) is 20.9. The number of amides is 1. The van der Waals surface area contributed by atoms with Gasteiger partial charge in [-0.3, -0.25) is 9.79 Å². The SMILES string of the molecule is CN=C(NCCc1ccc(N(C)C)cc1)NCCc1cccc(C(=O)N(C)C)c1.I. The van der Waals surface area contributed by atoms with Crippen LogP contribution in [0.2, 0.25) is 0 Å². The monoisotopic (exact) mass is 523 g/mol. The van der Waals surface area contributed by atoms with Crippen LogP contribution in [0.5, 0.6) is 0 Å². The van der Waals surface area contributed by atoms with Gasteiger partial charge < -0.3 is 20.4 Å². The molecule has 0 bridgehead atoms. The summed E-state index contributed by atoms with van der Waals surface area (Å²) in [6.07, 6.45) is 1.75. The summed E-state index contributed by atoms with van der Waals surface area (Å²) in [4.78, 5) is 20.1. The summed E-state index contributed by atoms with van der Waals surface area (Å²) in [5.41, 5.74) is 4.34. The predicted octanol–water partition coefficient (Wildman–Crippen LogP) is 3.02. The number of anilines is 1. The van der Waals surface area contributed by atoms with E-state index in [9.17, 15) is 4.79 Å². The van der Waals surface area contributed by atoms with Crippen LogP contribution in [0.15, 0.2) is 53.5 Å². The van der Waals surface area contributed by atoms with Crippen LogP contribution in [0.1, 0.15) is 21.5 Å². The minimum atomic E-state index is 0. The number of hydrogen-bond donors (Lipinski definition) is 2. The van der Waals surface area contributed by atoms with Crippen LogP contribution in [0.3, 0.4) is 0 Å². The summed E-state index contributed by atoms with van der Waals surface area (Å²) in [5, 5.41) is 6.69.